The van der Waals surface area contributed by atoms with Crippen LogP contribution >= 0.6 is 0 Å². The van der Waals surface area contributed by atoms with Crippen LogP contribution in [0.25, 0.3) is 0 Å². The Kier molecular flexibility index (Phi) is 7.88. The Morgan fingerprint density at radius 3 is 2.26 bits per heavy atom. The molecule has 0 radical (unpaired) electrons. The van der Waals surface area contributed by atoms with Gasteiger partial charge in [0.15, 0.2) is 11.5 Å². The molecule has 1 rings (SSSR count). The molecule has 0 fully saturated rings. The highest BCUT2D eigenvalue weighted by Gasteiger charge is 2.28. The number of likely N-dealkylation sites (N-methyl/N-ethyl adjacent to an activating group) is 2. The van der Waals surface area contributed by atoms with Gasteiger partial charge in [0.05, 0.1) is 24.6 Å². The van der Waals surface area contributed by atoms with Crippen LogP contribution in [-0.2, 0) is 4.79 Å². The zero-order valence-corrected chi connectivity index (χ0v) is 15.4. The minimum Gasteiger partial charge on any atom is -0.493 e. The third kappa shape index (κ3) is 5.50. The fraction of sp³-hybridized carbons (Fsp3) is 0.500. The smallest absolute Gasteiger partial charge is 0.387 e. The molecule has 0 spiro atoms. The molecule has 0 aliphatic heterocycles. The topological polar surface area (TPSA) is 102 Å². The maximum absolute atomic E-state index is 12.6. The van der Waals surface area contributed by atoms with Crippen molar-refractivity contribution in [2.24, 2.45) is 0 Å². The molecule has 0 aliphatic rings. The van der Waals surface area contributed by atoms with Gasteiger partial charge in [0, 0.05) is 26.2 Å². The van der Waals surface area contributed by atoms with Gasteiger partial charge < -0.3 is 19.3 Å². The summed E-state index contributed by atoms with van der Waals surface area (Å²) in [4.78, 5) is 37.6. The number of alkyl halides is 2. The molecule has 9 nitrogen and oxygen atoms in total. The van der Waals surface area contributed by atoms with Gasteiger partial charge in [0.25, 0.3) is 11.6 Å². The fourth-order valence-electron chi connectivity index (χ4n) is 2.38. The molecule has 0 aliphatic carbocycles. The summed E-state index contributed by atoms with van der Waals surface area (Å²) in [7, 11) is 2.45. The number of amides is 2. The standard InChI is InChI=1S/C16H21F2N3O6/c1-5-20(6-2)14(22)9-19(3)15(23)10-7-12(26-4)13(27-16(17)18)8-11(10)21(24)25/h7-8,16H,5-6,9H2,1-4H3. The molecule has 11 heteroatoms. The number of nitrogens with zero attached hydrogens (tertiary/aromatic N) is 3. The van der Waals surface area contributed by atoms with E-state index in [1.165, 1.54) is 11.9 Å². The number of hydrogen-bond donors (Lipinski definition) is 0. The first kappa shape index (κ1) is 22.1. The molecule has 2 amide bonds. The average molecular weight is 389 g/mol. The Labute approximate surface area is 154 Å². The summed E-state index contributed by atoms with van der Waals surface area (Å²) in [6.07, 6.45) is 0. The lowest BCUT2D eigenvalue weighted by Crippen LogP contribution is -2.41. The van der Waals surface area contributed by atoms with Gasteiger partial charge in [-0.1, -0.05) is 0 Å². The number of nitro groups is 1. The molecular weight excluding hydrogens is 368 g/mol. The zero-order chi connectivity index (χ0) is 20.7. The average Bonchev–Trinajstić information content (AvgIpc) is 2.61. The molecule has 0 atom stereocenters. The molecule has 0 bridgehead atoms. The molecular formula is C16H21F2N3O6. The number of methoxy groups -OCH3 is 1. The van der Waals surface area contributed by atoms with E-state index in [1.54, 1.807) is 13.8 Å². The Bertz CT molecular complexity index is 710. The van der Waals surface area contributed by atoms with Crippen molar-refractivity contribution in [2.75, 3.05) is 33.8 Å². The van der Waals surface area contributed by atoms with E-state index >= 15 is 0 Å². The normalized spacial score (nSPS) is 10.5. The Morgan fingerprint density at radius 2 is 1.81 bits per heavy atom. The van der Waals surface area contributed by atoms with Crippen LogP contribution in [-0.4, -0.2) is 66.9 Å². The van der Waals surface area contributed by atoms with Gasteiger partial charge in [-0.3, -0.25) is 19.7 Å². The van der Waals surface area contributed by atoms with Gasteiger partial charge in [-0.05, 0) is 13.8 Å². The van der Waals surface area contributed by atoms with E-state index in [-0.39, 0.29) is 18.2 Å². The van der Waals surface area contributed by atoms with Crippen molar-refractivity contribution in [1.29, 1.82) is 0 Å². The molecule has 1 aromatic carbocycles. The second kappa shape index (κ2) is 9.64. The minimum atomic E-state index is -3.23. The molecule has 1 aromatic rings. The van der Waals surface area contributed by atoms with Crippen molar-refractivity contribution in [1.82, 2.24) is 9.80 Å². The fourth-order valence-corrected chi connectivity index (χ4v) is 2.38. The lowest BCUT2D eigenvalue weighted by molar-refractivity contribution is -0.385. The van der Waals surface area contributed by atoms with Crippen LogP contribution in [0.4, 0.5) is 14.5 Å². The lowest BCUT2D eigenvalue weighted by Gasteiger charge is -2.23. The van der Waals surface area contributed by atoms with Gasteiger partial charge >= 0.3 is 6.61 Å². The molecule has 0 N–H and O–H groups in total. The number of rotatable bonds is 9. The van der Waals surface area contributed by atoms with E-state index in [0.29, 0.717) is 19.2 Å². The molecule has 0 saturated carbocycles. The van der Waals surface area contributed by atoms with Crippen LogP contribution in [0.2, 0.25) is 0 Å². The molecule has 0 aromatic heterocycles. The number of halogens is 2. The second-order valence-electron chi connectivity index (χ2n) is 5.38. The molecule has 0 saturated heterocycles. The summed E-state index contributed by atoms with van der Waals surface area (Å²) in [5.41, 5.74) is -1.15. The van der Waals surface area contributed by atoms with Crippen LogP contribution < -0.4 is 9.47 Å². The van der Waals surface area contributed by atoms with Crippen LogP contribution in [0.5, 0.6) is 11.5 Å². The molecule has 0 unspecified atom stereocenters. The monoisotopic (exact) mass is 389 g/mol. The highest BCUT2D eigenvalue weighted by atomic mass is 19.3. The van der Waals surface area contributed by atoms with Gasteiger partial charge in [0.2, 0.25) is 5.91 Å². The van der Waals surface area contributed by atoms with Crippen molar-refractivity contribution in [3.05, 3.63) is 27.8 Å². The Balaban J connectivity index is 3.24. The molecule has 150 valence electrons. The quantitative estimate of drug-likeness (QED) is 0.474. The summed E-state index contributed by atoms with van der Waals surface area (Å²) >= 11 is 0. The third-order valence-electron chi connectivity index (χ3n) is 3.76. The van der Waals surface area contributed by atoms with Crippen molar-refractivity contribution in [2.45, 2.75) is 20.5 Å². The number of benzene rings is 1. The van der Waals surface area contributed by atoms with Crippen LogP contribution in [0.1, 0.15) is 24.2 Å². The van der Waals surface area contributed by atoms with Crippen LogP contribution in [0.3, 0.4) is 0 Å². The number of ether oxygens (including phenoxy) is 2. The Hall–Kier alpha value is -2.98. The first-order chi connectivity index (χ1) is 12.7. The second-order valence-corrected chi connectivity index (χ2v) is 5.38. The van der Waals surface area contributed by atoms with Crippen molar-refractivity contribution >= 4 is 17.5 Å². The summed E-state index contributed by atoms with van der Waals surface area (Å²) in [6.45, 7) is 0.932. The zero-order valence-electron chi connectivity index (χ0n) is 15.4. The van der Waals surface area contributed by atoms with E-state index in [1.807, 2.05) is 0 Å². The first-order valence-corrected chi connectivity index (χ1v) is 8.00. The molecule has 0 heterocycles. The number of hydrogen-bond acceptors (Lipinski definition) is 6. The number of carbonyl (C=O) groups excluding carboxylic acids is 2. The van der Waals surface area contributed by atoms with E-state index in [2.05, 4.69) is 4.74 Å². The van der Waals surface area contributed by atoms with Gasteiger partial charge in [-0.25, -0.2) is 0 Å². The van der Waals surface area contributed by atoms with E-state index in [0.717, 1.165) is 18.1 Å². The highest BCUT2D eigenvalue weighted by molar-refractivity contribution is 6.00. The van der Waals surface area contributed by atoms with Crippen molar-refractivity contribution < 1.29 is 32.8 Å². The minimum absolute atomic E-state index is 0.271. The van der Waals surface area contributed by atoms with Crippen LogP contribution in [0.15, 0.2) is 12.1 Å². The molecule has 27 heavy (non-hydrogen) atoms. The Morgan fingerprint density at radius 1 is 1.22 bits per heavy atom. The van der Waals surface area contributed by atoms with Crippen molar-refractivity contribution in [3.63, 3.8) is 0 Å². The van der Waals surface area contributed by atoms with Crippen molar-refractivity contribution in [3.8, 4) is 11.5 Å². The first-order valence-electron chi connectivity index (χ1n) is 8.00. The summed E-state index contributed by atoms with van der Waals surface area (Å²) in [5.74, 6) is -2.00. The predicted molar refractivity (Wildman–Crippen MR) is 91.2 cm³/mol. The van der Waals surface area contributed by atoms with Gasteiger partial charge in [0.1, 0.15) is 5.56 Å². The van der Waals surface area contributed by atoms with E-state index in [9.17, 15) is 28.5 Å². The maximum Gasteiger partial charge on any atom is 0.387 e. The number of carbonyl (C=O) groups is 2. The van der Waals surface area contributed by atoms with E-state index < -0.39 is 34.4 Å². The summed E-state index contributed by atoms with van der Waals surface area (Å²) < 4.78 is 34.0. The highest BCUT2D eigenvalue weighted by Crippen LogP contribution is 2.36. The SMILES string of the molecule is CCN(CC)C(=O)CN(C)C(=O)c1cc(OC)c(OC(F)F)cc1[N+](=O)[O-]. The third-order valence-corrected chi connectivity index (χ3v) is 3.76. The largest absolute Gasteiger partial charge is 0.493 e. The number of nitro benzene ring substituents is 1. The van der Waals surface area contributed by atoms with Gasteiger partial charge in [-0.2, -0.15) is 8.78 Å². The van der Waals surface area contributed by atoms with Gasteiger partial charge in [-0.15, -0.1) is 0 Å². The lowest BCUT2D eigenvalue weighted by atomic mass is 10.1. The summed E-state index contributed by atoms with van der Waals surface area (Å²) in [6, 6.07) is 1.63. The predicted octanol–water partition coefficient (Wildman–Crippen LogP) is 2.15. The van der Waals surface area contributed by atoms with E-state index in [4.69, 9.17) is 4.74 Å². The summed E-state index contributed by atoms with van der Waals surface area (Å²) in [5, 5.41) is 11.3. The van der Waals surface area contributed by atoms with Crippen LogP contribution in [0, 0.1) is 10.1 Å². The maximum atomic E-state index is 12.6.